The fraction of sp³-hybridized carbons (Fsp3) is 0.667. The van der Waals surface area contributed by atoms with Crippen LogP contribution in [0.5, 0.6) is 0 Å². The minimum atomic E-state index is 0.819. The van der Waals surface area contributed by atoms with Gasteiger partial charge in [0.1, 0.15) is 0 Å². The number of aromatic nitrogens is 1. The maximum Gasteiger partial charge on any atom is 0.0271 e. The highest BCUT2D eigenvalue weighted by molar-refractivity contribution is 5.09. The normalized spacial score (nSPS) is 18.4. The van der Waals surface area contributed by atoms with Crippen LogP contribution in [0.3, 0.4) is 0 Å². The van der Waals surface area contributed by atoms with Crippen LogP contribution in [0.15, 0.2) is 24.5 Å². The van der Waals surface area contributed by atoms with E-state index in [9.17, 15) is 0 Å². The second-order valence-corrected chi connectivity index (χ2v) is 5.66. The van der Waals surface area contributed by atoms with Crippen molar-refractivity contribution in [2.45, 2.75) is 26.8 Å². The van der Waals surface area contributed by atoms with Gasteiger partial charge in [-0.25, -0.2) is 0 Å². The molecule has 100 valence electrons. The molecule has 1 aromatic rings. The molecule has 0 aromatic carbocycles. The van der Waals surface area contributed by atoms with Gasteiger partial charge in [-0.2, -0.15) is 0 Å². The molecule has 1 fully saturated rings. The highest BCUT2D eigenvalue weighted by Crippen LogP contribution is 2.09. The van der Waals surface area contributed by atoms with Gasteiger partial charge in [0.05, 0.1) is 0 Å². The quantitative estimate of drug-likeness (QED) is 0.795. The molecule has 0 spiro atoms. The first kappa shape index (κ1) is 13.5. The first-order chi connectivity index (χ1) is 8.74. The van der Waals surface area contributed by atoms with Crippen LogP contribution >= 0.6 is 0 Å². The second kappa shape index (κ2) is 6.86. The molecule has 1 aliphatic heterocycles. The molecule has 0 radical (unpaired) electrons. The summed E-state index contributed by atoms with van der Waals surface area (Å²) in [5, 5.41) is 0. The average Bonchev–Trinajstić information content (AvgIpc) is 2.39. The molecule has 0 N–H and O–H groups in total. The molecule has 0 unspecified atom stereocenters. The van der Waals surface area contributed by atoms with Gasteiger partial charge >= 0.3 is 0 Å². The van der Waals surface area contributed by atoms with Crippen LogP contribution in [0.1, 0.15) is 25.8 Å². The zero-order valence-corrected chi connectivity index (χ0v) is 11.7. The zero-order chi connectivity index (χ0) is 12.8. The van der Waals surface area contributed by atoms with Gasteiger partial charge in [-0.3, -0.25) is 9.88 Å². The number of hydrogen-bond donors (Lipinski definition) is 0. The fourth-order valence-electron chi connectivity index (χ4n) is 2.36. The van der Waals surface area contributed by atoms with Crippen LogP contribution in [0.2, 0.25) is 0 Å². The summed E-state index contributed by atoms with van der Waals surface area (Å²) in [7, 11) is 0. The van der Waals surface area contributed by atoms with Gasteiger partial charge in [-0.05, 0) is 36.6 Å². The summed E-state index contributed by atoms with van der Waals surface area (Å²) in [6.07, 6.45) is 5.09. The Morgan fingerprint density at radius 3 is 2.28 bits per heavy atom. The van der Waals surface area contributed by atoms with E-state index >= 15 is 0 Å². The Morgan fingerprint density at radius 1 is 1.06 bits per heavy atom. The van der Waals surface area contributed by atoms with Gasteiger partial charge in [0.15, 0.2) is 0 Å². The molecule has 0 amide bonds. The molecule has 0 aliphatic carbocycles. The van der Waals surface area contributed by atoms with E-state index in [1.165, 1.54) is 44.7 Å². The molecular formula is C15H25N3. The Bertz CT molecular complexity index is 329. The summed E-state index contributed by atoms with van der Waals surface area (Å²) >= 11 is 0. The lowest BCUT2D eigenvalue weighted by Gasteiger charge is -2.35. The Labute approximate surface area is 111 Å². The number of nitrogens with zero attached hydrogens (tertiary/aromatic N) is 3. The first-order valence-corrected chi connectivity index (χ1v) is 7.07. The van der Waals surface area contributed by atoms with Crippen molar-refractivity contribution in [3.05, 3.63) is 30.1 Å². The van der Waals surface area contributed by atoms with Gasteiger partial charge in [0.25, 0.3) is 0 Å². The minimum absolute atomic E-state index is 0.819. The predicted octanol–water partition coefficient (Wildman–Crippen LogP) is 2.25. The van der Waals surface area contributed by atoms with E-state index in [0.29, 0.717) is 0 Å². The summed E-state index contributed by atoms with van der Waals surface area (Å²) < 4.78 is 0. The molecular weight excluding hydrogens is 222 g/mol. The smallest absolute Gasteiger partial charge is 0.0271 e. The second-order valence-electron chi connectivity index (χ2n) is 5.66. The van der Waals surface area contributed by atoms with Crippen molar-refractivity contribution in [2.75, 3.05) is 32.7 Å². The van der Waals surface area contributed by atoms with E-state index in [1.54, 1.807) is 0 Å². The van der Waals surface area contributed by atoms with Crippen LogP contribution in [-0.2, 0) is 6.54 Å². The molecule has 1 aromatic heterocycles. The van der Waals surface area contributed by atoms with Crippen molar-refractivity contribution < 1.29 is 0 Å². The van der Waals surface area contributed by atoms with E-state index in [2.05, 4.69) is 40.8 Å². The molecule has 3 nitrogen and oxygen atoms in total. The standard InChI is InChI=1S/C15H25N3/c1-14(2)5-8-17-9-11-18(12-10-17)13-15-3-6-16-7-4-15/h3-4,6-7,14H,5,8-13H2,1-2H3. The third kappa shape index (κ3) is 4.39. The topological polar surface area (TPSA) is 19.4 Å². The van der Waals surface area contributed by atoms with Crippen LogP contribution in [0.25, 0.3) is 0 Å². The predicted molar refractivity (Wildman–Crippen MR) is 75.4 cm³/mol. The number of rotatable bonds is 5. The zero-order valence-electron chi connectivity index (χ0n) is 11.7. The van der Waals surface area contributed by atoms with Crippen molar-refractivity contribution in [1.82, 2.24) is 14.8 Å². The Balaban J connectivity index is 1.70. The Morgan fingerprint density at radius 2 is 1.67 bits per heavy atom. The molecule has 2 rings (SSSR count). The highest BCUT2D eigenvalue weighted by atomic mass is 15.3. The SMILES string of the molecule is CC(C)CCN1CCN(Cc2ccncc2)CC1. The maximum absolute atomic E-state index is 4.06. The third-order valence-electron chi connectivity index (χ3n) is 3.64. The highest BCUT2D eigenvalue weighted by Gasteiger charge is 2.16. The lowest BCUT2D eigenvalue weighted by molar-refractivity contribution is 0.123. The van der Waals surface area contributed by atoms with Crippen LogP contribution in [0, 0.1) is 5.92 Å². The third-order valence-corrected chi connectivity index (χ3v) is 3.64. The number of piperazine rings is 1. The van der Waals surface area contributed by atoms with Crippen molar-refractivity contribution in [3.63, 3.8) is 0 Å². The van der Waals surface area contributed by atoms with Crippen LogP contribution in [-0.4, -0.2) is 47.5 Å². The average molecular weight is 247 g/mol. The number of pyridine rings is 1. The largest absolute Gasteiger partial charge is 0.301 e. The molecule has 1 aliphatic rings. The summed E-state index contributed by atoms with van der Waals surface area (Å²) in [5.41, 5.74) is 1.38. The van der Waals surface area contributed by atoms with Crippen molar-refractivity contribution >= 4 is 0 Å². The molecule has 0 atom stereocenters. The maximum atomic E-state index is 4.06. The monoisotopic (exact) mass is 247 g/mol. The number of hydrogen-bond acceptors (Lipinski definition) is 3. The lowest BCUT2D eigenvalue weighted by atomic mass is 10.1. The minimum Gasteiger partial charge on any atom is -0.301 e. The van der Waals surface area contributed by atoms with Crippen molar-refractivity contribution in [1.29, 1.82) is 0 Å². The summed E-state index contributed by atoms with van der Waals surface area (Å²) in [4.78, 5) is 9.21. The van der Waals surface area contributed by atoms with Crippen LogP contribution < -0.4 is 0 Å². The Hall–Kier alpha value is -0.930. The van der Waals surface area contributed by atoms with Gasteiger partial charge in [0.2, 0.25) is 0 Å². The molecule has 0 saturated carbocycles. The molecule has 0 bridgehead atoms. The van der Waals surface area contributed by atoms with E-state index in [4.69, 9.17) is 0 Å². The molecule has 3 heteroatoms. The Kier molecular flexibility index (Phi) is 5.14. The van der Waals surface area contributed by atoms with Gasteiger partial charge < -0.3 is 4.90 Å². The van der Waals surface area contributed by atoms with Gasteiger partial charge in [0, 0.05) is 45.1 Å². The van der Waals surface area contributed by atoms with Gasteiger partial charge in [-0.1, -0.05) is 13.8 Å². The van der Waals surface area contributed by atoms with E-state index in [1.807, 2.05) is 12.4 Å². The molecule has 2 heterocycles. The summed E-state index contributed by atoms with van der Waals surface area (Å²) in [6, 6.07) is 4.23. The first-order valence-electron chi connectivity index (χ1n) is 7.07. The summed E-state index contributed by atoms with van der Waals surface area (Å²) in [6.45, 7) is 11.8. The van der Waals surface area contributed by atoms with E-state index < -0.39 is 0 Å². The fourth-order valence-corrected chi connectivity index (χ4v) is 2.36. The van der Waals surface area contributed by atoms with Gasteiger partial charge in [-0.15, -0.1) is 0 Å². The van der Waals surface area contributed by atoms with E-state index in [-0.39, 0.29) is 0 Å². The van der Waals surface area contributed by atoms with Crippen LogP contribution in [0.4, 0.5) is 0 Å². The molecule has 18 heavy (non-hydrogen) atoms. The molecule has 1 saturated heterocycles. The summed E-state index contributed by atoms with van der Waals surface area (Å²) in [5.74, 6) is 0.819. The van der Waals surface area contributed by atoms with Crippen molar-refractivity contribution in [2.24, 2.45) is 5.92 Å². The van der Waals surface area contributed by atoms with Crippen molar-refractivity contribution in [3.8, 4) is 0 Å². The lowest BCUT2D eigenvalue weighted by Crippen LogP contribution is -2.46. The van der Waals surface area contributed by atoms with E-state index in [0.717, 1.165) is 12.5 Å².